The van der Waals surface area contributed by atoms with Gasteiger partial charge in [-0.15, -0.1) is 0 Å². The number of Topliss-reactive ketones (excluding diaryl/α,β-unsaturated/α-hetero) is 1. The number of likely N-dealkylation sites (tertiary alicyclic amines) is 1. The molecule has 1 aliphatic carbocycles. The van der Waals surface area contributed by atoms with Gasteiger partial charge in [-0.1, -0.05) is 0 Å². The monoisotopic (exact) mass is 345 g/mol. The maximum Gasteiger partial charge on any atom is 0.308 e. The van der Waals surface area contributed by atoms with Gasteiger partial charge in [0.2, 0.25) is 5.91 Å². The SMILES string of the molecule is COc1ccc(C(=O)CCC(=O)N2C[C@@H](C(=O)O)[C@H](C3CC3)C2)cc1. The Labute approximate surface area is 146 Å². The highest BCUT2D eigenvalue weighted by Gasteiger charge is 2.46. The van der Waals surface area contributed by atoms with Crippen molar-refractivity contribution in [2.75, 3.05) is 20.2 Å². The summed E-state index contributed by atoms with van der Waals surface area (Å²) in [5.74, 6) is -0.315. The van der Waals surface area contributed by atoms with Crippen molar-refractivity contribution >= 4 is 17.7 Å². The molecule has 1 amide bonds. The highest BCUT2D eigenvalue weighted by Crippen LogP contribution is 2.44. The van der Waals surface area contributed by atoms with Crippen LogP contribution in [0.1, 0.15) is 36.0 Å². The first-order chi connectivity index (χ1) is 12.0. The van der Waals surface area contributed by atoms with Crippen LogP contribution in [-0.2, 0) is 9.59 Å². The van der Waals surface area contributed by atoms with Gasteiger partial charge in [0, 0.05) is 31.5 Å². The van der Waals surface area contributed by atoms with Crippen LogP contribution in [0.15, 0.2) is 24.3 Å². The Balaban J connectivity index is 1.53. The molecule has 6 heteroatoms. The molecule has 1 saturated carbocycles. The Morgan fingerprint density at radius 2 is 1.80 bits per heavy atom. The minimum atomic E-state index is -0.818. The van der Waals surface area contributed by atoms with E-state index in [1.807, 2.05) is 0 Å². The summed E-state index contributed by atoms with van der Waals surface area (Å²) in [5.41, 5.74) is 0.550. The number of hydrogen-bond acceptors (Lipinski definition) is 4. The molecule has 1 aromatic carbocycles. The highest BCUT2D eigenvalue weighted by molar-refractivity contribution is 5.98. The van der Waals surface area contributed by atoms with E-state index in [4.69, 9.17) is 4.74 Å². The number of ketones is 1. The number of aliphatic carboxylic acids is 1. The average molecular weight is 345 g/mol. The minimum Gasteiger partial charge on any atom is -0.497 e. The van der Waals surface area contributed by atoms with Crippen LogP contribution in [0, 0.1) is 17.8 Å². The second-order valence-electron chi connectivity index (χ2n) is 6.90. The third kappa shape index (κ3) is 4.00. The van der Waals surface area contributed by atoms with E-state index >= 15 is 0 Å². The predicted octanol–water partition coefficient (Wildman–Crippen LogP) is 2.23. The lowest BCUT2D eigenvalue weighted by Crippen LogP contribution is -2.30. The Kier molecular flexibility index (Phi) is 5.06. The van der Waals surface area contributed by atoms with Crippen LogP contribution in [0.5, 0.6) is 5.75 Å². The van der Waals surface area contributed by atoms with Crippen molar-refractivity contribution in [3.63, 3.8) is 0 Å². The zero-order valence-corrected chi connectivity index (χ0v) is 14.3. The summed E-state index contributed by atoms with van der Waals surface area (Å²) in [6, 6.07) is 6.80. The summed E-state index contributed by atoms with van der Waals surface area (Å²) in [7, 11) is 1.56. The maximum absolute atomic E-state index is 12.4. The topological polar surface area (TPSA) is 83.9 Å². The predicted molar refractivity (Wildman–Crippen MR) is 90.5 cm³/mol. The maximum atomic E-state index is 12.4. The summed E-state index contributed by atoms with van der Waals surface area (Å²) < 4.78 is 5.06. The van der Waals surface area contributed by atoms with Crippen molar-refractivity contribution < 1.29 is 24.2 Å². The lowest BCUT2D eigenvalue weighted by atomic mass is 9.92. The second-order valence-corrected chi connectivity index (χ2v) is 6.90. The van der Waals surface area contributed by atoms with Gasteiger partial charge in [-0.2, -0.15) is 0 Å². The van der Waals surface area contributed by atoms with Crippen LogP contribution in [0.3, 0.4) is 0 Å². The lowest BCUT2D eigenvalue weighted by Gasteiger charge is -2.16. The molecule has 2 aliphatic rings. The van der Waals surface area contributed by atoms with Crippen molar-refractivity contribution in [3.05, 3.63) is 29.8 Å². The number of benzene rings is 1. The molecule has 1 saturated heterocycles. The van der Waals surface area contributed by atoms with Gasteiger partial charge >= 0.3 is 5.97 Å². The lowest BCUT2D eigenvalue weighted by molar-refractivity contribution is -0.142. The number of nitrogens with zero attached hydrogens (tertiary/aromatic N) is 1. The summed E-state index contributed by atoms with van der Waals surface area (Å²) in [6.07, 6.45) is 2.38. The molecule has 0 radical (unpaired) electrons. The number of rotatable bonds is 7. The van der Waals surface area contributed by atoms with E-state index in [-0.39, 0.29) is 37.0 Å². The van der Waals surface area contributed by atoms with Gasteiger partial charge in [0.05, 0.1) is 13.0 Å². The van der Waals surface area contributed by atoms with E-state index in [1.165, 1.54) is 0 Å². The molecule has 1 heterocycles. The van der Waals surface area contributed by atoms with Gasteiger partial charge in [0.25, 0.3) is 0 Å². The van der Waals surface area contributed by atoms with Gasteiger partial charge in [0.15, 0.2) is 5.78 Å². The number of carboxylic acid groups (broad SMARTS) is 1. The largest absolute Gasteiger partial charge is 0.497 e. The molecule has 3 rings (SSSR count). The molecule has 1 aliphatic heterocycles. The van der Waals surface area contributed by atoms with Gasteiger partial charge in [-0.3, -0.25) is 14.4 Å². The zero-order chi connectivity index (χ0) is 18.0. The highest BCUT2D eigenvalue weighted by atomic mass is 16.5. The van der Waals surface area contributed by atoms with Crippen molar-refractivity contribution in [1.82, 2.24) is 4.90 Å². The number of carbonyl (C=O) groups excluding carboxylic acids is 2. The average Bonchev–Trinajstić information content (AvgIpc) is 3.37. The third-order valence-electron chi connectivity index (χ3n) is 5.24. The van der Waals surface area contributed by atoms with Crippen molar-refractivity contribution in [3.8, 4) is 5.75 Å². The molecule has 0 aromatic heterocycles. The first-order valence-corrected chi connectivity index (χ1v) is 8.67. The van der Waals surface area contributed by atoms with E-state index in [0.29, 0.717) is 23.8 Å². The van der Waals surface area contributed by atoms with Crippen LogP contribution in [0.2, 0.25) is 0 Å². The van der Waals surface area contributed by atoms with Gasteiger partial charge < -0.3 is 14.7 Å². The smallest absolute Gasteiger partial charge is 0.308 e. The Morgan fingerprint density at radius 1 is 1.12 bits per heavy atom. The molecule has 6 nitrogen and oxygen atoms in total. The van der Waals surface area contributed by atoms with Crippen LogP contribution < -0.4 is 4.74 Å². The van der Waals surface area contributed by atoms with Crippen molar-refractivity contribution in [2.45, 2.75) is 25.7 Å². The third-order valence-corrected chi connectivity index (χ3v) is 5.24. The molecule has 2 atom stereocenters. The fourth-order valence-corrected chi connectivity index (χ4v) is 3.60. The normalized spacial score (nSPS) is 22.7. The van der Waals surface area contributed by atoms with Crippen molar-refractivity contribution in [2.24, 2.45) is 17.8 Å². The Bertz CT molecular complexity index is 665. The van der Waals surface area contributed by atoms with E-state index in [0.717, 1.165) is 12.8 Å². The van der Waals surface area contributed by atoms with E-state index in [2.05, 4.69) is 0 Å². The molecule has 0 spiro atoms. The molecular weight excluding hydrogens is 322 g/mol. The Morgan fingerprint density at radius 3 is 2.36 bits per heavy atom. The van der Waals surface area contributed by atoms with Crippen LogP contribution in [0.25, 0.3) is 0 Å². The number of ether oxygens (including phenoxy) is 1. The fraction of sp³-hybridized carbons (Fsp3) is 0.526. The first-order valence-electron chi connectivity index (χ1n) is 8.67. The van der Waals surface area contributed by atoms with E-state index in [1.54, 1.807) is 36.3 Å². The molecule has 134 valence electrons. The van der Waals surface area contributed by atoms with Crippen LogP contribution in [0.4, 0.5) is 0 Å². The number of methoxy groups -OCH3 is 1. The fourth-order valence-electron chi connectivity index (χ4n) is 3.60. The second kappa shape index (κ2) is 7.25. The quantitative estimate of drug-likeness (QED) is 0.766. The summed E-state index contributed by atoms with van der Waals surface area (Å²) in [6.45, 7) is 0.781. The standard InChI is InChI=1S/C19H23NO5/c1-25-14-6-4-13(5-7-14)17(21)8-9-18(22)20-10-15(12-2-3-12)16(11-20)19(23)24/h4-7,12,15-16H,2-3,8-11H2,1H3,(H,23,24)/t15-,16+/m0/s1. The number of hydrogen-bond donors (Lipinski definition) is 1. The van der Waals surface area contributed by atoms with Gasteiger partial charge in [-0.25, -0.2) is 0 Å². The summed E-state index contributed by atoms with van der Waals surface area (Å²) in [4.78, 5) is 37.7. The molecule has 1 aromatic rings. The molecule has 0 unspecified atom stereocenters. The number of carboxylic acids is 1. The van der Waals surface area contributed by atoms with Gasteiger partial charge in [-0.05, 0) is 48.9 Å². The van der Waals surface area contributed by atoms with Crippen LogP contribution in [-0.4, -0.2) is 47.9 Å². The first kappa shape index (κ1) is 17.5. The minimum absolute atomic E-state index is 0.0683. The molecule has 25 heavy (non-hydrogen) atoms. The van der Waals surface area contributed by atoms with Gasteiger partial charge in [0.1, 0.15) is 5.75 Å². The van der Waals surface area contributed by atoms with Crippen LogP contribution >= 0.6 is 0 Å². The zero-order valence-electron chi connectivity index (χ0n) is 14.3. The van der Waals surface area contributed by atoms with E-state index in [9.17, 15) is 19.5 Å². The summed E-state index contributed by atoms with van der Waals surface area (Å²) >= 11 is 0. The molecule has 0 bridgehead atoms. The van der Waals surface area contributed by atoms with E-state index < -0.39 is 11.9 Å². The Hall–Kier alpha value is -2.37. The number of carbonyl (C=O) groups is 3. The van der Waals surface area contributed by atoms with Crippen molar-refractivity contribution in [1.29, 1.82) is 0 Å². The molecule has 1 N–H and O–H groups in total. The molecule has 2 fully saturated rings. The molecular formula is C19H23NO5. The summed E-state index contributed by atoms with van der Waals surface area (Å²) in [5, 5.41) is 9.37. The number of amides is 1.